The van der Waals surface area contributed by atoms with Gasteiger partial charge in [0.25, 0.3) is 5.91 Å². The van der Waals surface area contributed by atoms with Crippen molar-refractivity contribution in [3.8, 4) is 11.1 Å². The molecule has 0 aliphatic rings. The number of carbonyl (C=O) groups is 1. The average Bonchev–Trinajstić information content (AvgIpc) is 3.24. The zero-order chi connectivity index (χ0) is 17.6. The second-order valence-corrected chi connectivity index (χ2v) is 7.98. The molecule has 0 atom stereocenters. The molecule has 0 fully saturated rings. The average molecular weight is 371 g/mol. The summed E-state index contributed by atoms with van der Waals surface area (Å²) in [5.74, 6) is 0.0238. The summed E-state index contributed by atoms with van der Waals surface area (Å²) in [6.45, 7) is 4.79. The van der Waals surface area contributed by atoms with Crippen LogP contribution in [-0.2, 0) is 6.42 Å². The first-order chi connectivity index (χ1) is 12.1. The zero-order valence-corrected chi connectivity index (χ0v) is 16.2. The molecule has 1 amide bonds. The number of aryl methyl sites for hydroxylation is 3. The van der Waals surface area contributed by atoms with Crippen molar-refractivity contribution >= 4 is 28.6 Å². The predicted octanol–water partition coefficient (Wildman–Crippen LogP) is 5.24. The molecule has 3 nitrogen and oxygen atoms in total. The predicted molar refractivity (Wildman–Crippen MR) is 107 cm³/mol. The molecule has 0 radical (unpaired) electrons. The smallest absolute Gasteiger partial charge is 0.261 e. The Bertz CT molecular complexity index is 834. The Morgan fingerprint density at radius 3 is 2.60 bits per heavy atom. The molecule has 3 aromatic rings. The number of amides is 1. The summed E-state index contributed by atoms with van der Waals surface area (Å²) in [6.07, 6.45) is 3.00. The second kappa shape index (κ2) is 8.41. The number of aromatic nitrogens is 1. The van der Waals surface area contributed by atoms with Gasteiger partial charge in [0, 0.05) is 23.2 Å². The van der Waals surface area contributed by atoms with E-state index in [1.54, 1.807) is 11.3 Å². The molecule has 0 aliphatic carbocycles. The number of nitrogens with one attached hydrogen (secondary N) is 1. The Kier molecular flexibility index (Phi) is 6.00. The van der Waals surface area contributed by atoms with Crippen LogP contribution in [0.2, 0.25) is 0 Å². The molecule has 0 bridgehead atoms. The van der Waals surface area contributed by atoms with Crippen LogP contribution in [0.25, 0.3) is 11.1 Å². The molecule has 25 heavy (non-hydrogen) atoms. The highest BCUT2D eigenvalue weighted by Crippen LogP contribution is 2.28. The SMILES string of the molecule is Cc1ccc(-c2ccsc2C(=O)NCCCCc2nc(C)cs2)cc1. The number of hydrogen-bond acceptors (Lipinski definition) is 4. The molecule has 0 saturated heterocycles. The van der Waals surface area contributed by atoms with Crippen molar-refractivity contribution < 1.29 is 4.79 Å². The standard InChI is InChI=1S/C20H22N2OS2/c1-14-6-8-16(9-7-14)17-10-12-24-19(17)20(23)21-11-4-3-5-18-22-15(2)13-25-18/h6-10,12-13H,3-5,11H2,1-2H3,(H,21,23). The van der Waals surface area contributed by atoms with Crippen LogP contribution in [0.3, 0.4) is 0 Å². The molecule has 0 aliphatic heterocycles. The van der Waals surface area contributed by atoms with Crippen molar-refractivity contribution in [2.24, 2.45) is 0 Å². The fourth-order valence-corrected chi connectivity index (χ4v) is 4.30. The van der Waals surface area contributed by atoms with E-state index in [1.807, 2.05) is 18.4 Å². The van der Waals surface area contributed by atoms with Gasteiger partial charge in [-0.15, -0.1) is 22.7 Å². The van der Waals surface area contributed by atoms with Crippen LogP contribution >= 0.6 is 22.7 Å². The van der Waals surface area contributed by atoms with Gasteiger partial charge in [0.15, 0.2) is 0 Å². The van der Waals surface area contributed by atoms with Gasteiger partial charge in [-0.3, -0.25) is 4.79 Å². The van der Waals surface area contributed by atoms with Crippen LogP contribution in [0.15, 0.2) is 41.1 Å². The quantitative estimate of drug-likeness (QED) is 0.578. The topological polar surface area (TPSA) is 42.0 Å². The van der Waals surface area contributed by atoms with Crippen LogP contribution in [-0.4, -0.2) is 17.4 Å². The lowest BCUT2D eigenvalue weighted by molar-refractivity contribution is 0.0957. The lowest BCUT2D eigenvalue weighted by Crippen LogP contribution is -2.24. The molecule has 0 saturated carbocycles. The summed E-state index contributed by atoms with van der Waals surface area (Å²) in [5.41, 5.74) is 4.42. The lowest BCUT2D eigenvalue weighted by Gasteiger charge is -2.06. The molecular formula is C20H22N2OS2. The van der Waals surface area contributed by atoms with E-state index in [0.29, 0.717) is 6.54 Å². The van der Waals surface area contributed by atoms with Crippen molar-refractivity contribution in [1.82, 2.24) is 10.3 Å². The highest BCUT2D eigenvalue weighted by atomic mass is 32.1. The first-order valence-electron chi connectivity index (χ1n) is 8.47. The molecule has 0 unspecified atom stereocenters. The monoisotopic (exact) mass is 370 g/mol. The first-order valence-corrected chi connectivity index (χ1v) is 10.2. The molecule has 130 valence electrons. The third-order valence-electron chi connectivity index (χ3n) is 4.00. The number of benzene rings is 1. The fourth-order valence-electron chi connectivity index (χ4n) is 2.65. The summed E-state index contributed by atoms with van der Waals surface area (Å²) < 4.78 is 0. The van der Waals surface area contributed by atoms with Crippen LogP contribution in [0.1, 0.15) is 38.8 Å². The van der Waals surface area contributed by atoms with Gasteiger partial charge in [0.05, 0.1) is 9.88 Å². The lowest BCUT2D eigenvalue weighted by atomic mass is 10.0. The molecule has 1 aromatic carbocycles. The minimum Gasteiger partial charge on any atom is -0.351 e. The first kappa shape index (κ1) is 17.8. The zero-order valence-electron chi connectivity index (χ0n) is 14.5. The molecular weight excluding hydrogens is 348 g/mol. The molecule has 3 rings (SSSR count). The third kappa shape index (κ3) is 4.77. The second-order valence-electron chi connectivity index (χ2n) is 6.13. The number of thiazole rings is 1. The van der Waals surface area contributed by atoms with Gasteiger partial charge in [-0.1, -0.05) is 29.8 Å². The van der Waals surface area contributed by atoms with Crippen molar-refractivity contribution in [1.29, 1.82) is 0 Å². The van der Waals surface area contributed by atoms with E-state index in [2.05, 4.69) is 46.9 Å². The van der Waals surface area contributed by atoms with E-state index >= 15 is 0 Å². The van der Waals surface area contributed by atoms with Gasteiger partial charge in [-0.25, -0.2) is 4.98 Å². The van der Waals surface area contributed by atoms with Gasteiger partial charge in [0.2, 0.25) is 0 Å². The Balaban J connectivity index is 1.50. The van der Waals surface area contributed by atoms with Crippen molar-refractivity contribution in [2.75, 3.05) is 6.54 Å². The summed E-state index contributed by atoms with van der Waals surface area (Å²) >= 11 is 3.22. The summed E-state index contributed by atoms with van der Waals surface area (Å²) in [6, 6.07) is 10.3. The number of rotatable bonds is 7. The molecule has 1 N–H and O–H groups in total. The van der Waals surface area contributed by atoms with Crippen LogP contribution in [0.5, 0.6) is 0 Å². The van der Waals surface area contributed by atoms with Crippen LogP contribution < -0.4 is 5.32 Å². The van der Waals surface area contributed by atoms with E-state index in [-0.39, 0.29) is 5.91 Å². The number of thiophene rings is 1. The van der Waals surface area contributed by atoms with Gasteiger partial charge in [-0.2, -0.15) is 0 Å². The number of carbonyl (C=O) groups excluding carboxylic acids is 1. The van der Waals surface area contributed by atoms with E-state index in [1.165, 1.54) is 21.9 Å². The van der Waals surface area contributed by atoms with Gasteiger partial charge in [-0.05, 0) is 50.1 Å². The third-order valence-corrected chi connectivity index (χ3v) is 5.94. The maximum atomic E-state index is 12.5. The van der Waals surface area contributed by atoms with Crippen molar-refractivity contribution in [3.05, 3.63) is 62.2 Å². The number of unbranched alkanes of at least 4 members (excludes halogenated alkanes) is 1. The Labute approximate surface area is 156 Å². The Morgan fingerprint density at radius 2 is 1.88 bits per heavy atom. The summed E-state index contributed by atoms with van der Waals surface area (Å²) in [4.78, 5) is 17.8. The Hall–Kier alpha value is -1.98. The van der Waals surface area contributed by atoms with E-state index < -0.39 is 0 Å². The normalized spacial score (nSPS) is 10.8. The molecule has 2 aromatic heterocycles. The van der Waals surface area contributed by atoms with E-state index in [9.17, 15) is 4.79 Å². The summed E-state index contributed by atoms with van der Waals surface area (Å²) in [7, 11) is 0. The highest BCUT2D eigenvalue weighted by Gasteiger charge is 2.14. The maximum Gasteiger partial charge on any atom is 0.261 e. The van der Waals surface area contributed by atoms with Gasteiger partial charge in [0.1, 0.15) is 0 Å². The Morgan fingerprint density at radius 1 is 1.08 bits per heavy atom. The van der Waals surface area contributed by atoms with Crippen molar-refractivity contribution in [3.63, 3.8) is 0 Å². The van der Waals surface area contributed by atoms with Crippen LogP contribution in [0, 0.1) is 13.8 Å². The molecule has 2 heterocycles. The minimum atomic E-state index is 0.0238. The minimum absolute atomic E-state index is 0.0238. The number of nitrogens with zero attached hydrogens (tertiary/aromatic N) is 1. The number of hydrogen-bond donors (Lipinski definition) is 1. The van der Waals surface area contributed by atoms with E-state index in [4.69, 9.17) is 0 Å². The largest absolute Gasteiger partial charge is 0.351 e. The summed E-state index contributed by atoms with van der Waals surface area (Å²) in [5, 5.41) is 8.30. The van der Waals surface area contributed by atoms with Gasteiger partial charge < -0.3 is 5.32 Å². The highest BCUT2D eigenvalue weighted by molar-refractivity contribution is 7.12. The fraction of sp³-hybridized carbons (Fsp3) is 0.300. The van der Waals surface area contributed by atoms with E-state index in [0.717, 1.165) is 41.0 Å². The van der Waals surface area contributed by atoms with Crippen molar-refractivity contribution in [2.45, 2.75) is 33.1 Å². The molecule has 5 heteroatoms. The van der Waals surface area contributed by atoms with Crippen LogP contribution in [0.4, 0.5) is 0 Å². The maximum absolute atomic E-state index is 12.5. The molecule has 0 spiro atoms. The van der Waals surface area contributed by atoms with Gasteiger partial charge >= 0.3 is 0 Å².